The van der Waals surface area contributed by atoms with Gasteiger partial charge >= 0.3 is 0 Å². The van der Waals surface area contributed by atoms with Crippen LogP contribution in [0.3, 0.4) is 0 Å². The first-order valence-corrected chi connectivity index (χ1v) is 8.46. The molecule has 4 heteroatoms. The summed E-state index contributed by atoms with van der Waals surface area (Å²) < 4.78 is 0. The molecule has 0 spiro atoms. The lowest BCUT2D eigenvalue weighted by Gasteiger charge is -2.41. The number of nitro groups is 1. The highest BCUT2D eigenvalue weighted by Crippen LogP contribution is 2.36. The Balaban J connectivity index is 1.80. The largest absolute Gasteiger partial charge is 0.298 e. The Morgan fingerprint density at radius 3 is 2.68 bits per heavy atom. The minimum Gasteiger partial charge on any atom is -0.298 e. The smallest absolute Gasteiger partial charge is 0.269 e. The molecule has 2 aliphatic rings. The Morgan fingerprint density at radius 2 is 2.00 bits per heavy atom. The summed E-state index contributed by atoms with van der Waals surface area (Å²) in [5.74, 6) is 0.810. The van der Waals surface area contributed by atoms with Gasteiger partial charge in [0.05, 0.1) is 4.92 Å². The molecule has 0 N–H and O–H groups in total. The normalized spacial score (nSPS) is 22.3. The third-order valence-electron chi connectivity index (χ3n) is 5.28. The molecule has 1 aromatic carbocycles. The number of nitrogens with zero attached hydrogens (tertiary/aromatic N) is 2. The second-order valence-corrected chi connectivity index (χ2v) is 7.66. The van der Waals surface area contributed by atoms with Crippen LogP contribution < -0.4 is 0 Å². The molecular weight excluding hydrogens is 276 g/mol. The highest BCUT2D eigenvalue weighted by atomic mass is 16.6. The monoisotopic (exact) mass is 302 g/mol. The van der Waals surface area contributed by atoms with Crippen LogP contribution in [0.25, 0.3) is 0 Å². The van der Waals surface area contributed by atoms with Crippen LogP contribution in [0.2, 0.25) is 0 Å². The fourth-order valence-corrected chi connectivity index (χ4v) is 4.29. The van der Waals surface area contributed by atoms with Crippen molar-refractivity contribution in [2.75, 3.05) is 13.1 Å². The van der Waals surface area contributed by atoms with Crippen LogP contribution >= 0.6 is 0 Å². The van der Waals surface area contributed by atoms with Crippen LogP contribution in [0, 0.1) is 16.0 Å². The summed E-state index contributed by atoms with van der Waals surface area (Å²) >= 11 is 0. The molecule has 22 heavy (non-hydrogen) atoms. The van der Waals surface area contributed by atoms with E-state index in [2.05, 4.69) is 18.7 Å². The second kappa shape index (κ2) is 5.99. The van der Waals surface area contributed by atoms with Gasteiger partial charge in [0, 0.05) is 37.2 Å². The minimum atomic E-state index is -0.284. The van der Waals surface area contributed by atoms with Gasteiger partial charge in [-0.3, -0.25) is 15.0 Å². The van der Waals surface area contributed by atoms with E-state index >= 15 is 0 Å². The van der Waals surface area contributed by atoms with Crippen molar-refractivity contribution in [1.82, 2.24) is 4.90 Å². The fraction of sp³-hybridized carbons (Fsp3) is 0.667. The average Bonchev–Trinajstić information content (AvgIpc) is 2.47. The van der Waals surface area contributed by atoms with E-state index < -0.39 is 0 Å². The van der Waals surface area contributed by atoms with Crippen LogP contribution in [0.5, 0.6) is 0 Å². The third kappa shape index (κ3) is 3.17. The number of non-ortho nitro benzene ring substituents is 1. The highest BCUT2D eigenvalue weighted by Gasteiger charge is 2.33. The van der Waals surface area contributed by atoms with E-state index in [9.17, 15) is 10.1 Å². The highest BCUT2D eigenvalue weighted by molar-refractivity contribution is 5.44. The van der Waals surface area contributed by atoms with E-state index in [-0.39, 0.29) is 16.0 Å². The molecule has 1 aromatic rings. The van der Waals surface area contributed by atoms with Crippen molar-refractivity contribution in [2.24, 2.45) is 5.92 Å². The maximum Gasteiger partial charge on any atom is 0.269 e. The number of nitro benzene ring substituents is 1. The SMILES string of the molecule is CC1(C)CN(CC2CCCCC2)Cc2cc([N+](=O)[O-])ccc21. The maximum absolute atomic E-state index is 11.0. The van der Waals surface area contributed by atoms with Crippen LogP contribution in [0.1, 0.15) is 57.1 Å². The zero-order valence-electron chi connectivity index (χ0n) is 13.7. The van der Waals surface area contributed by atoms with Crippen LogP contribution in [0.4, 0.5) is 5.69 Å². The van der Waals surface area contributed by atoms with Crippen LogP contribution in [-0.4, -0.2) is 22.9 Å². The molecule has 0 amide bonds. The topological polar surface area (TPSA) is 46.4 Å². The molecule has 1 heterocycles. The lowest BCUT2D eigenvalue weighted by atomic mass is 9.77. The molecule has 0 atom stereocenters. The number of hydrogen-bond donors (Lipinski definition) is 0. The fourth-order valence-electron chi connectivity index (χ4n) is 4.29. The summed E-state index contributed by atoms with van der Waals surface area (Å²) in [7, 11) is 0. The Labute approximate surface area is 132 Å². The number of fused-ring (bicyclic) bond motifs is 1. The van der Waals surface area contributed by atoms with Gasteiger partial charge in [-0.1, -0.05) is 39.2 Å². The lowest BCUT2D eigenvalue weighted by Crippen LogP contribution is -2.44. The second-order valence-electron chi connectivity index (χ2n) is 7.66. The van der Waals surface area contributed by atoms with E-state index in [4.69, 9.17) is 0 Å². The summed E-state index contributed by atoms with van der Waals surface area (Å²) in [6, 6.07) is 5.40. The summed E-state index contributed by atoms with van der Waals surface area (Å²) in [6.45, 7) is 7.56. The Hall–Kier alpha value is -1.42. The van der Waals surface area contributed by atoms with Gasteiger partial charge in [-0.05, 0) is 29.9 Å². The van der Waals surface area contributed by atoms with Crippen LogP contribution in [-0.2, 0) is 12.0 Å². The molecule has 0 aromatic heterocycles. The molecule has 120 valence electrons. The predicted octanol–water partition coefficient (Wildman–Crippen LogP) is 4.27. The standard InChI is InChI=1S/C18H26N2O2/c1-18(2)13-19(11-14-6-4-3-5-7-14)12-15-10-16(20(21)22)8-9-17(15)18/h8-10,14H,3-7,11-13H2,1-2H3. The first-order valence-electron chi connectivity index (χ1n) is 8.46. The van der Waals surface area contributed by atoms with Crippen molar-refractivity contribution < 1.29 is 4.92 Å². The number of rotatable bonds is 3. The molecule has 1 aliphatic carbocycles. The van der Waals surface area contributed by atoms with Gasteiger partial charge < -0.3 is 0 Å². The average molecular weight is 302 g/mol. The van der Waals surface area contributed by atoms with Crippen molar-refractivity contribution in [3.63, 3.8) is 0 Å². The quantitative estimate of drug-likeness (QED) is 0.619. The first-order chi connectivity index (χ1) is 10.5. The van der Waals surface area contributed by atoms with E-state index in [1.165, 1.54) is 37.7 Å². The molecule has 4 nitrogen and oxygen atoms in total. The molecule has 1 saturated carbocycles. The molecule has 0 unspecified atom stereocenters. The van der Waals surface area contributed by atoms with Crippen molar-refractivity contribution in [3.05, 3.63) is 39.4 Å². The summed E-state index contributed by atoms with van der Waals surface area (Å²) in [4.78, 5) is 13.3. The molecule has 1 fully saturated rings. The van der Waals surface area contributed by atoms with Gasteiger partial charge in [-0.2, -0.15) is 0 Å². The van der Waals surface area contributed by atoms with Gasteiger partial charge in [0.1, 0.15) is 0 Å². The minimum absolute atomic E-state index is 0.0668. The molecular formula is C18H26N2O2. The van der Waals surface area contributed by atoms with E-state index in [1.807, 2.05) is 6.07 Å². The van der Waals surface area contributed by atoms with Gasteiger partial charge in [-0.25, -0.2) is 0 Å². The zero-order valence-corrected chi connectivity index (χ0v) is 13.7. The van der Waals surface area contributed by atoms with Gasteiger partial charge in [0.15, 0.2) is 0 Å². The van der Waals surface area contributed by atoms with Crippen molar-refractivity contribution in [3.8, 4) is 0 Å². The van der Waals surface area contributed by atoms with Gasteiger partial charge in [0.25, 0.3) is 5.69 Å². The van der Waals surface area contributed by atoms with Crippen molar-refractivity contribution in [2.45, 2.75) is 57.9 Å². The number of hydrogen-bond acceptors (Lipinski definition) is 3. The van der Waals surface area contributed by atoms with E-state index in [0.717, 1.165) is 31.1 Å². The van der Waals surface area contributed by atoms with Crippen molar-refractivity contribution in [1.29, 1.82) is 0 Å². The lowest BCUT2D eigenvalue weighted by molar-refractivity contribution is -0.385. The van der Waals surface area contributed by atoms with E-state index in [0.29, 0.717) is 0 Å². The van der Waals surface area contributed by atoms with Gasteiger partial charge in [0.2, 0.25) is 0 Å². The third-order valence-corrected chi connectivity index (χ3v) is 5.28. The van der Waals surface area contributed by atoms with Gasteiger partial charge in [-0.15, -0.1) is 0 Å². The van der Waals surface area contributed by atoms with E-state index in [1.54, 1.807) is 12.1 Å². The Bertz CT molecular complexity index is 562. The predicted molar refractivity (Wildman–Crippen MR) is 88.0 cm³/mol. The molecule has 3 rings (SSSR count). The summed E-state index contributed by atoms with van der Waals surface area (Å²) in [6.07, 6.45) is 6.81. The maximum atomic E-state index is 11.0. The Kier molecular flexibility index (Phi) is 4.22. The molecule has 1 aliphatic heterocycles. The summed E-state index contributed by atoms with van der Waals surface area (Å²) in [5.41, 5.74) is 2.70. The van der Waals surface area contributed by atoms with Crippen molar-refractivity contribution >= 4 is 5.69 Å². The molecule has 0 saturated heterocycles. The first kappa shape index (κ1) is 15.5. The molecule has 0 radical (unpaired) electrons. The van der Waals surface area contributed by atoms with Crippen LogP contribution in [0.15, 0.2) is 18.2 Å². The Morgan fingerprint density at radius 1 is 1.27 bits per heavy atom. The molecule has 0 bridgehead atoms. The number of benzene rings is 1. The summed E-state index contributed by atoms with van der Waals surface area (Å²) in [5, 5.41) is 11.0. The zero-order chi connectivity index (χ0) is 15.7.